The van der Waals surface area contributed by atoms with E-state index in [9.17, 15) is 9.90 Å². The summed E-state index contributed by atoms with van der Waals surface area (Å²) >= 11 is 1.70. The van der Waals surface area contributed by atoms with Crippen molar-refractivity contribution in [2.45, 2.75) is 13.2 Å². The summed E-state index contributed by atoms with van der Waals surface area (Å²) in [5, 5.41) is 22.2. The maximum absolute atomic E-state index is 12.1. The van der Waals surface area contributed by atoms with Crippen LogP contribution in [0.3, 0.4) is 0 Å². The van der Waals surface area contributed by atoms with Crippen molar-refractivity contribution in [1.82, 2.24) is 19.9 Å². The van der Waals surface area contributed by atoms with Gasteiger partial charge in [0.25, 0.3) is 0 Å². The van der Waals surface area contributed by atoms with E-state index in [-0.39, 0.29) is 12.3 Å². The lowest BCUT2D eigenvalue weighted by Gasteiger charge is -2.08. The minimum Gasteiger partial charge on any atom is -0.392 e. The summed E-state index contributed by atoms with van der Waals surface area (Å²) in [5.74, 6) is 0. The Morgan fingerprint density at radius 3 is 2.96 bits per heavy atom. The van der Waals surface area contributed by atoms with Crippen LogP contribution in [-0.2, 0) is 13.2 Å². The van der Waals surface area contributed by atoms with Crippen LogP contribution in [0.25, 0.3) is 27.7 Å². The summed E-state index contributed by atoms with van der Waals surface area (Å²) in [6.45, 7) is 0.733. The molecule has 4 aromatic rings. The first-order valence-corrected chi connectivity index (χ1v) is 8.45. The Labute approximate surface area is 141 Å². The van der Waals surface area contributed by atoms with E-state index >= 15 is 0 Å². The predicted molar refractivity (Wildman–Crippen MR) is 95.3 cm³/mol. The average Bonchev–Trinajstić information content (AvgIpc) is 3.21. The number of rotatable bonds is 4. The quantitative estimate of drug-likeness (QED) is 0.531. The minimum absolute atomic E-state index is 0.0990. The van der Waals surface area contributed by atoms with Crippen LogP contribution >= 0.6 is 11.3 Å². The normalized spacial score (nSPS) is 11.6. The van der Waals surface area contributed by atoms with Crippen molar-refractivity contribution in [2.24, 2.45) is 0 Å². The third-order valence-electron chi connectivity index (χ3n) is 4.09. The molecule has 0 spiro atoms. The lowest BCUT2D eigenvalue weighted by Crippen LogP contribution is -2.10. The number of aromatic amines is 1. The molecule has 6 nitrogen and oxygen atoms in total. The number of hydrogen-bond acceptors (Lipinski definition) is 5. The van der Waals surface area contributed by atoms with Crippen LogP contribution in [0.1, 0.15) is 10.4 Å². The molecule has 0 saturated carbocycles. The first-order valence-electron chi connectivity index (χ1n) is 7.57. The zero-order valence-electron chi connectivity index (χ0n) is 13.0. The second-order valence-corrected chi connectivity index (χ2v) is 6.61. The standard InChI is InChI=1S/C17H16N4O2S/c1-18-7-13-4-12(9-24-13)10-2-3-14-11(8-22)6-16-19-20-17(23)21(16)15(14)5-10/h2-6,9,18,22H,7-8H2,1H3,(H,20,23). The number of nitrogens with zero attached hydrogens (tertiary/aromatic N) is 2. The Hall–Kier alpha value is -2.48. The molecule has 0 amide bonds. The van der Waals surface area contributed by atoms with Crippen LogP contribution in [0.5, 0.6) is 0 Å². The number of hydrogen-bond donors (Lipinski definition) is 3. The monoisotopic (exact) mass is 340 g/mol. The van der Waals surface area contributed by atoms with Gasteiger partial charge in [-0.25, -0.2) is 14.3 Å². The molecule has 3 aromatic heterocycles. The van der Waals surface area contributed by atoms with Gasteiger partial charge in [0.15, 0.2) is 5.65 Å². The Bertz CT molecular complexity index is 1090. The summed E-state index contributed by atoms with van der Waals surface area (Å²) in [4.78, 5) is 13.4. The Morgan fingerprint density at radius 1 is 1.29 bits per heavy atom. The lowest BCUT2D eigenvalue weighted by molar-refractivity contribution is 0.283. The Morgan fingerprint density at radius 2 is 2.17 bits per heavy atom. The molecule has 4 rings (SSSR count). The molecular weight excluding hydrogens is 324 g/mol. The van der Waals surface area contributed by atoms with Gasteiger partial charge in [-0.2, -0.15) is 5.10 Å². The molecule has 7 heteroatoms. The van der Waals surface area contributed by atoms with Gasteiger partial charge in [0, 0.05) is 16.8 Å². The van der Waals surface area contributed by atoms with E-state index in [1.54, 1.807) is 21.8 Å². The summed E-state index contributed by atoms with van der Waals surface area (Å²) in [7, 11) is 1.92. The van der Waals surface area contributed by atoms with Gasteiger partial charge in [0.05, 0.1) is 12.1 Å². The third-order valence-corrected chi connectivity index (χ3v) is 5.03. The van der Waals surface area contributed by atoms with Gasteiger partial charge < -0.3 is 10.4 Å². The van der Waals surface area contributed by atoms with E-state index in [1.807, 2.05) is 25.2 Å². The maximum atomic E-state index is 12.1. The van der Waals surface area contributed by atoms with Crippen LogP contribution in [0, 0.1) is 0 Å². The number of thiophene rings is 1. The van der Waals surface area contributed by atoms with Gasteiger partial charge in [-0.1, -0.05) is 12.1 Å². The smallest absolute Gasteiger partial charge is 0.348 e. The molecule has 0 fully saturated rings. The van der Waals surface area contributed by atoms with Gasteiger partial charge in [0.2, 0.25) is 0 Å². The van der Waals surface area contributed by atoms with E-state index < -0.39 is 0 Å². The van der Waals surface area contributed by atoms with Crippen LogP contribution in [0.15, 0.2) is 40.5 Å². The van der Waals surface area contributed by atoms with Gasteiger partial charge in [-0.05, 0) is 47.3 Å². The molecule has 3 N–H and O–H groups in total. The van der Waals surface area contributed by atoms with Crippen molar-refractivity contribution in [3.8, 4) is 11.1 Å². The number of aromatic nitrogens is 3. The van der Waals surface area contributed by atoms with Gasteiger partial charge in [-0.3, -0.25) is 0 Å². The highest BCUT2D eigenvalue weighted by molar-refractivity contribution is 7.10. The number of aliphatic hydroxyl groups excluding tert-OH is 1. The highest BCUT2D eigenvalue weighted by atomic mass is 32.1. The first-order chi connectivity index (χ1) is 11.7. The summed E-state index contributed by atoms with van der Waals surface area (Å²) in [5.41, 5.74) is 3.88. The van der Waals surface area contributed by atoms with Crippen LogP contribution < -0.4 is 11.0 Å². The third kappa shape index (κ3) is 2.34. The zero-order valence-corrected chi connectivity index (χ0v) is 13.9. The molecular formula is C17H16N4O2S. The molecule has 1 aromatic carbocycles. The number of benzene rings is 1. The largest absolute Gasteiger partial charge is 0.392 e. The summed E-state index contributed by atoms with van der Waals surface area (Å²) < 4.78 is 1.54. The maximum Gasteiger partial charge on any atom is 0.348 e. The van der Waals surface area contributed by atoms with Crippen LogP contribution in [-0.4, -0.2) is 26.8 Å². The fourth-order valence-corrected chi connectivity index (χ4v) is 3.88. The fraction of sp³-hybridized carbons (Fsp3) is 0.176. The second-order valence-electron chi connectivity index (χ2n) is 5.61. The van der Waals surface area contributed by atoms with Crippen molar-refractivity contribution in [3.63, 3.8) is 0 Å². The molecule has 3 heterocycles. The number of aliphatic hydroxyl groups is 1. The second kappa shape index (κ2) is 5.86. The Kier molecular flexibility index (Phi) is 3.68. The fourth-order valence-electron chi connectivity index (χ4n) is 2.97. The van der Waals surface area contributed by atoms with E-state index in [0.717, 1.165) is 34.1 Å². The van der Waals surface area contributed by atoms with E-state index in [0.29, 0.717) is 5.65 Å². The SMILES string of the molecule is CNCc1cc(-c2ccc3c(CO)cc4n[nH]c(=O)n4c3c2)cs1. The van der Waals surface area contributed by atoms with Crippen molar-refractivity contribution in [1.29, 1.82) is 0 Å². The highest BCUT2D eigenvalue weighted by Crippen LogP contribution is 2.30. The molecule has 0 aliphatic carbocycles. The molecule has 0 unspecified atom stereocenters. The molecule has 24 heavy (non-hydrogen) atoms. The van der Waals surface area contributed by atoms with Crippen LogP contribution in [0.2, 0.25) is 0 Å². The zero-order chi connectivity index (χ0) is 16.7. The molecule has 0 radical (unpaired) electrons. The Balaban J connectivity index is 1.97. The molecule has 0 aliphatic heterocycles. The topological polar surface area (TPSA) is 82.4 Å². The summed E-state index contributed by atoms with van der Waals surface area (Å²) in [6.07, 6.45) is 0. The van der Waals surface area contributed by atoms with E-state index in [4.69, 9.17) is 0 Å². The average molecular weight is 340 g/mol. The van der Waals surface area contributed by atoms with Crippen molar-refractivity contribution < 1.29 is 5.11 Å². The molecule has 0 aliphatic rings. The summed E-state index contributed by atoms with van der Waals surface area (Å²) in [6, 6.07) is 9.82. The van der Waals surface area contributed by atoms with E-state index in [1.165, 1.54) is 4.88 Å². The van der Waals surface area contributed by atoms with Crippen molar-refractivity contribution in [3.05, 3.63) is 56.6 Å². The number of nitrogens with one attached hydrogen (secondary N) is 2. The van der Waals surface area contributed by atoms with E-state index in [2.05, 4.69) is 27.0 Å². The number of pyridine rings is 1. The first kappa shape index (κ1) is 15.1. The van der Waals surface area contributed by atoms with Crippen molar-refractivity contribution >= 4 is 27.9 Å². The van der Waals surface area contributed by atoms with Crippen molar-refractivity contribution in [2.75, 3.05) is 7.05 Å². The predicted octanol–water partition coefficient (Wildman–Crippen LogP) is 2.12. The van der Waals surface area contributed by atoms with Gasteiger partial charge >= 0.3 is 5.69 Å². The minimum atomic E-state index is -0.280. The number of fused-ring (bicyclic) bond motifs is 3. The van der Waals surface area contributed by atoms with Gasteiger partial charge in [-0.15, -0.1) is 11.3 Å². The van der Waals surface area contributed by atoms with Crippen LogP contribution in [0.4, 0.5) is 0 Å². The molecule has 122 valence electrons. The lowest BCUT2D eigenvalue weighted by atomic mass is 10.0. The number of H-pyrrole nitrogens is 1. The molecule has 0 bridgehead atoms. The molecule has 0 atom stereocenters. The highest BCUT2D eigenvalue weighted by Gasteiger charge is 2.11. The van der Waals surface area contributed by atoms with Gasteiger partial charge in [0.1, 0.15) is 0 Å². The molecule has 0 saturated heterocycles.